The van der Waals surface area contributed by atoms with Crippen LogP contribution in [0, 0.1) is 0 Å². The van der Waals surface area contributed by atoms with Gasteiger partial charge in [0.05, 0.1) is 13.2 Å². The SMILES string of the molecule is CCCCCCCCCCCCCC(=O)O[C@@H]1[C@H](OC(=O)CCCCCCCCCCCCC)[C@H](OC[C@@H](O)[C@H](O)CO)O[C@H](COC(C)=O)[C@H]1OC(C)=O. The predicted molar refractivity (Wildman–Crippen MR) is 208 cm³/mol. The highest BCUT2D eigenvalue weighted by Gasteiger charge is 2.53. The molecule has 0 aromatic carbocycles. The summed E-state index contributed by atoms with van der Waals surface area (Å²) in [6.45, 7) is 5.06. The summed E-state index contributed by atoms with van der Waals surface area (Å²) in [5.74, 6) is -2.60. The normalized spacial score (nSPS) is 20.7. The smallest absolute Gasteiger partial charge is 0.306 e. The first-order chi connectivity index (χ1) is 26.5. The molecule has 0 aromatic heterocycles. The first kappa shape index (κ1) is 50.7. The second-order valence-corrected chi connectivity index (χ2v) is 15.1. The van der Waals surface area contributed by atoms with E-state index in [9.17, 15) is 34.5 Å². The van der Waals surface area contributed by atoms with E-state index < -0.39 is 86.6 Å². The molecule has 0 aromatic rings. The van der Waals surface area contributed by atoms with Gasteiger partial charge in [-0.05, 0) is 12.8 Å². The molecule has 7 atom stereocenters. The third-order valence-corrected chi connectivity index (χ3v) is 9.91. The highest BCUT2D eigenvalue weighted by Crippen LogP contribution is 2.31. The Bertz CT molecular complexity index is 1010. The number of esters is 4. The number of aliphatic hydroxyl groups excluding tert-OH is 3. The Morgan fingerprint density at radius 2 is 0.964 bits per heavy atom. The van der Waals surface area contributed by atoms with Gasteiger partial charge in [-0.1, -0.05) is 142 Å². The highest BCUT2D eigenvalue weighted by atomic mass is 16.7. The van der Waals surface area contributed by atoms with Gasteiger partial charge >= 0.3 is 23.9 Å². The summed E-state index contributed by atoms with van der Waals surface area (Å²) in [5, 5.41) is 29.5. The Labute approximate surface area is 330 Å². The summed E-state index contributed by atoms with van der Waals surface area (Å²) >= 11 is 0. The van der Waals surface area contributed by atoms with E-state index in [1.807, 2.05) is 0 Å². The van der Waals surface area contributed by atoms with Crippen LogP contribution in [0.3, 0.4) is 0 Å². The van der Waals surface area contributed by atoms with Gasteiger partial charge in [0.1, 0.15) is 24.9 Å². The molecule has 13 heteroatoms. The van der Waals surface area contributed by atoms with E-state index in [1.54, 1.807) is 0 Å². The van der Waals surface area contributed by atoms with Crippen molar-refractivity contribution < 1.29 is 62.9 Å². The maximum absolute atomic E-state index is 13.3. The van der Waals surface area contributed by atoms with Gasteiger partial charge in [-0.3, -0.25) is 19.2 Å². The van der Waals surface area contributed by atoms with Crippen LogP contribution in [0.4, 0.5) is 0 Å². The lowest BCUT2D eigenvalue weighted by Gasteiger charge is -2.44. The van der Waals surface area contributed by atoms with Crippen LogP contribution in [0.5, 0.6) is 0 Å². The van der Waals surface area contributed by atoms with E-state index in [0.717, 1.165) is 58.3 Å². The third-order valence-electron chi connectivity index (χ3n) is 9.91. The van der Waals surface area contributed by atoms with Crippen molar-refractivity contribution >= 4 is 23.9 Å². The molecule has 0 spiro atoms. The predicted octanol–water partition coefficient (Wildman–Crippen LogP) is 7.16. The second-order valence-electron chi connectivity index (χ2n) is 15.1. The molecule has 0 saturated carbocycles. The molecule has 3 N–H and O–H groups in total. The van der Waals surface area contributed by atoms with Crippen LogP contribution in [0.15, 0.2) is 0 Å². The van der Waals surface area contributed by atoms with E-state index in [2.05, 4.69) is 13.8 Å². The van der Waals surface area contributed by atoms with Crippen molar-refractivity contribution in [3.63, 3.8) is 0 Å². The Morgan fingerprint density at radius 1 is 0.545 bits per heavy atom. The van der Waals surface area contributed by atoms with Gasteiger partial charge in [-0.15, -0.1) is 0 Å². The fourth-order valence-electron chi connectivity index (χ4n) is 6.65. The molecule has 0 bridgehead atoms. The fourth-order valence-corrected chi connectivity index (χ4v) is 6.65. The minimum absolute atomic E-state index is 0.0700. The monoisotopic (exact) mass is 789 g/mol. The second kappa shape index (κ2) is 32.7. The van der Waals surface area contributed by atoms with E-state index >= 15 is 0 Å². The maximum atomic E-state index is 13.3. The molecular formula is C42H76O13. The number of rotatable bonds is 34. The summed E-state index contributed by atoms with van der Waals surface area (Å²) in [6.07, 6.45) is 14.5. The van der Waals surface area contributed by atoms with Gasteiger partial charge < -0.3 is 43.7 Å². The Morgan fingerprint density at radius 3 is 1.36 bits per heavy atom. The quantitative estimate of drug-likeness (QED) is 0.0339. The summed E-state index contributed by atoms with van der Waals surface area (Å²) < 4.78 is 34.3. The summed E-state index contributed by atoms with van der Waals surface area (Å²) in [5.41, 5.74) is 0. The van der Waals surface area contributed by atoms with Crippen molar-refractivity contribution in [3.8, 4) is 0 Å². The van der Waals surface area contributed by atoms with Crippen molar-refractivity contribution in [2.45, 2.75) is 225 Å². The molecule has 55 heavy (non-hydrogen) atoms. The van der Waals surface area contributed by atoms with Crippen molar-refractivity contribution in [1.29, 1.82) is 0 Å². The third kappa shape index (κ3) is 24.8. The number of carbonyl (C=O) groups is 4. The minimum Gasteiger partial charge on any atom is -0.463 e. The minimum atomic E-state index is -1.54. The molecule has 1 fully saturated rings. The van der Waals surface area contributed by atoms with Crippen LogP contribution in [-0.4, -0.2) is 102 Å². The van der Waals surface area contributed by atoms with E-state index in [-0.39, 0.29) is 12.8 Å². The molecular weight excluding hydrogens is 712 g/mol. The van der Waals surface area contributed by atoms with E-state index in [4.69, 9.17) is 28.4 Å². The van der Waals surface area contributed by atoms with Crippen LogP contribution in [0.2, 0.25) is 0 Å². The lowest BCUT2D eigenvalue weighted by molar-refractivity contribution is -0.312. The van der Waals surface area contributed by atoms with Crippen molar-refractivity contribution in [2.24, 2.45) is 0 Å². The number of carbonyl (C=O) groups excluding carboxylic acids is 4. The van der Waals surface area contributed by atoms with Crippen molar-refractivity contribution in [1.82, 2.24) is 0 Å². The number of unbranched alkanes of at least 4 members (excludes halogenated alkanes) is 20. The summed E-state index contributed by atoms with van der Waals surface area (Å²) in [4.78, 5) is 50.7. The standard InChI is InChI=1S/C42H76O13/c1-5-7-9-11-13-15-17-19-21-23-25-27-37(48)54-40-39(52-33(4)45)36(31-50-32(3)44)53-42(51-30-35(47)34(46)29-43)41(40)55-38(49)28-26-24-22-20-18-16-14-12-10-8-6-2/h34-36,39-43,46-47H,5-31H2,1-4H3/t34-,35-,36-,39-,40+,41+,42-/m1/s1. The van der Waals surface area contributed by atoms with Crippen molar-refractivity contribution in [2.75, 3.05) is 19.8 Å². The first-order valence-electron chi connectivity index (χ1n) is 21.5. The largest absolute Gasteiger partial charge is 0.463 e. The lowest BCUT2D eigenvalue weighted by atomic mass is 9.97. The van der Waals surface area contributed by atoms with Gasteiger partial charge in [0, 0.05) is 26.7 Å². The zero-order valence-corrected chi connectivity index (χ0v) is 34.6. The van der Waals surface area contributed by atoms with E-state index in [1.165, 1.54) is 84.0 Å². The van der Waals surface area contributed by atoms with Gasteiger partial charge in [0.2, 0.25) is 0 Å². The van der Waals surface area contributed by atoms with Gasteiger partial charge in [-0.25, -0.2) is 0 Å². The van der Waals surface area contributed by atoms with Crippen LogP contribution < -0.4 is 0 Å². The molecule has 13 nitrogen and oxygen atoms in total. The molecule has 1 aliphatic rings. The van der Waals surface area contributed by atoms with Gasteiger partial charge in [-0.2, -0.15) is 0 Å². The lowest BCUT2D eigenvalue weighted by Crippen LogP contribution is -2.63. The molecule has 0 aliphatic carbocycles. The van der Waals surface area contributed by atoms with Crippen LogP contribution >= 0.6 is 0 Å². The number of aliphatic hydroxyl groups is 3. The van der Waals surface area contributed by atoms with Crippen molar-refractivity contribution in [3.05, 3.63) is 0 Å². The molecule has 1 saturated heterocycles. The van der Waals surface area contributed by atoms with E-state index in [0.29, 0.717) is 12.8 Å². The number of hydrogen-bond donors (Lipinski definition) is 3. The Kier molecular flexibility index (Phi) is 30.2. The molecule has 1 rings (SSSR count). The topological polar surface area (TPSA) is 184 Å². The molecule has 322 valence electrons. The Balaban J connectivity index is 3.00. The molecule has 1 aliphatic heterocycles. The molecule has 0 unspecified atom stereocenters. The maximum Gasteiger partial charge on any atom is 0.306 e. The number of ether oxygens (including phenoxy) is 6. The average molecular weight is 789 g/mol. The summed E-state index contributed by atoms with van der Waals surface area (Å²) in [6, 6.07) is 0. The Hall–Kier alpha value is -2.32. The van der Waals surface area contributed by atoms with Crippen LogP contribution in [0.1, 0.15) is 182 Å². The molecule has 0 amide bonds. The van der Waals surface area contributed by atoms with Crippen LogP contribution in [-0.2, 0) is 47.6 Å². The zero-order valence-electron chi connectivity index (χ0n) is 34.6. The highest BCUT2D eigenvalue weighted by molar-refractivity contribution is 5.71. The van der Waals surface area contributed by atoms with Gasteiger partial charge in [0.25, 0.3) is 0 Å². The average Bonchev–Trinajstić information content (AvgIpc) is 3.15. The number of hydrogen-bond acceptors (Lipinski definition) is 13. The first-order valence-corrected chi connectivity index (χ1v) is 21.5. The van der Waals surface area contributed by atoms with Gasteiger partial charge in [0.15, 0.2) is 24.6 Å². The van der Waals surface area contributed by atoms with Crippen LogP contribution in [0.25, 0.3) is 0 Å². The molecule has 1 heterocycles. The fraction of sp³-hybridized carbons (Fsp3) is 0.905. The summed E-state index contributed by atoms with van der Waals surface area (Å²) in [7, 11) is 0. The molecule has 0 radical (unpaired) electrons. The zero-order chi connectivity index (χ0) is 40.7.